The Morgan fingerprint density at radius 1 is 1.13 bits per heavy atom. The van der Waals surface area contributed by atoms with Crippen LogP contribution in [0.25, 0.3) is 0 Å². The molecular weight excluding hydrogens is 233 g/mol. The van der Waals surface area contributed by atoms with Gasteiger partial charge < -0.3 is 4.90 Å². The van der Waals surface area contributed by atoms with Crippen LogP contribution in [0.15, 0.2) is 0 Å². The molecule has 0 fully saturated rings. The van der Waals surface area contributed by atoms with Crippen molar-refractivity contribution in [2.45, 2.75) is 26.2 Å². The van der Waals surface area contributed by atoms with E-state index >= 15 is 0 Å². The average Bonchev–Trinajstić information content (AvgIpc) is 2.16. The van der Waals surface area contributed by atoms with Crippen LogP contribution in [0, 0.1) is 0 Å². The molecule has 0 unspecified atom stereocenters. The van der Waals surface area contributed by atoms with E-state index in [0.29, 0.717) is 16.3 Å². The highest BCUT2D eigenvalue weighted by Crippen LogP contribution is 2.25. The molecule has 15 heavy (non-hydrogen) atoms. The molecule has 0 aromatic carbocycles. The first-order valence-corrected chi connectivity index (χ1v) is 5.71. The lowest BCUT2D eigenvalue weighted by molar-refractivity contribution is 0.787. The van der Waals surface area contributed by atoms with Crippen LogP contribution >= 0.6 is 23.2 Å². The highest BCUT2D eigenvalue weighted by molar-refractivity contribution is 6.34. The summed E-state index contributed by atoms with van der Waals surface area (Å²) < 4.78 is 0. The fourth-order valence-electron chi connectivity index (χ4n) is 1.18. The Labute approximate surface area is 100 Å². The number of hydrogen-bond acceptors (Lipinski definition) is 3. The van der Waals surface area contributed by atoms with Crippen molar-refractivity contribution in [1.82, 2.24) is 9.97 Å². The Kier molecular flexibility index (Phi) is 4.61. The maximum Gasteiger partial charge on any atom is 0.227 e. The van der Waals surface area contributed by atoms with E-state index in [9.17, 15) is 0 Å². The van der Waals surface area contributed by atoms with Gasteiger partial charge >= 0.3 is 0 Å². The number of halogens is 2. The van der Waals surface area contributed by atoms with Gasteiger partial charge in [-0.15, -0.1) is 0 Å². The van der Waals surface area contributed by atoms with Gasteiger partial charge in [0.15, 0.2) is 0 Å². The van der Waals surface area contributed by atoms with E-state index in [-0.39, 0.29) is 0 Å². The number of anilines is 1. The van der Waals surface area contributed by atoms with Gasteiger partial charge in [-0.05, 0) is 12.8 Å². The second-order valence-corrected chi connectivity index (χ2v) is 4.30. The van der Waals surface area contributed by atoms with E-state index in [1.807, 2.05) is 14.1 Å². The SMILES string of the molecule is CCCCc1c(Cl)nc(N(C)C)nc1Cl. The maximum atomic E-state index is 6.05. The van der Waals surface area contributed by atoms with Crippen LogP contribution in [-0.2, 0) is 6.42 Å². The Hall–Kier alpha value is -0.540. The molecule has 0 saturated heterocycles. The molecule has 0 N–H and O–H groups in total. The van der Waals surface area contributed by atoms with E-state index in [4.69, 9.17) is 23.2 Å². The third-order valence-electron chi connectivity index (χ3n) is 2.07. The van der Waals surface area contributed by atoms with Crippen molar-refractivity contribution in [3.05, 3.63) is 15.9 Å². The third-order valence-corrected chi connectivity index (χ3v) is 2.70. The van der Waals surface area contributed by atoms with Gasteiger partial charge in [-0.3, -0.25) is 0 Å². The average molecular weight is 248 g/mol. The zero-order valence-electron chi connectivity index (χ0n) is 9.22. The predicted octanol–water partition coefficient (Wildman–Crippen LogP) is 3.19. The Morgan fingerprint density at radius 2 is 1.67 bits per heavy atom. The molecule has 0 spiro atoms. The van der Waals surface area contributed by atoms with Crippen molar-refractivity contribution < 1.29 is 0 Å². The van der Waals surface area contributed by atoms with E-state index in [2.05, 4.69) is 16.9 Å². The summed E-state index contributed by atoms with van der Waals surface area (Å²) in [6, 6.07) is 0. The Bertz CT molecular complexity index is 316. The summed E-state index contributed by atoms with van der Waals surface area (Å²) in [6.45, 7) is 2.12. The summed E-state index contributed by atoms with van der Waals surface area (Å²) in [6.07, 6.45) is 2.98. The van der Waals surface area contributed by atoms with Crippen molar-refractivity contribution in [2.24, 2.45) is 0 Å². The van der Waals surface area contributed by atoms with Crippen LogP contribution in [0.3, 0.4) is 0 Å². The van der Waals surface area contributed by atoms with Crippen LogP contribution in [0.2, 0.25) is 10.3 Å². The van der Waals surface area contributed by atoms with Crippen molar-refractivity contribution in [3.63, 3.8) is 0 Å². The predicted molar refractivity (Wildman–Crippen MR) is 65.0 cm³/mol. The molecule has 0 aliphatic carbocycles. The molecule has 1 heterocycles. The fraction of sp³-hybridized carbons (Fsp3) is 0.600. The smallest absolute Gasteiger partial charge is 0.227 e. The summed E-state index contributed by atoms with van der Waals surface area (Å²) in [5.74, 6) is 0.547. The van der Waals surface area contributed by atoms with Crippen LogP contribution in [-0.4, -0.2) is 24.1 Å². The maximum absolute atomic E-state index is 6.05. The highest BCUT2D eigenvalue weighted by atomic mass is 35.5. The van der Waals surface area contributed by atoms with Gasteiger partial charge in [-0.25, -0.2) is 9.97 Å². The van der Waals surface area contributed by atoms with Crippen LogP contribution in [0.1, 0.15) is 25.3 Å². The lowest BCUT2D eigenvalue weighted by Gasteiger charge is -2.12. The van der Waals surface area contributed by atoms with Gasteiger partial charge in [0.25, 0.3) is 0 Å². The molecule has 84 valence electrons. The van der Waals surface area contributed by atoms with E-state index in [1.165, 1.54) is 0 Å². The third kappa shape index (κ3) is 3.21. The standard InChI is InChI=1S/C10H15Cl2N3/c1-4-5-6-7-8(11)13-10(15(2)3)14-9(7)12/h4-6H2,1-3H3. The fourth-order valence-corrected chi connectivity index (χ4v) is 1.75. The molecule has 0 radical (unpaired) electrons. The molecule has 3 nitrogen and oxygen atoms in total. The van der Waals surface area contributed by atoms with Gasteiger partial charge in [-0.2, -0.15) is 0 Å². The first kappa shape index (κ1) is 12.5. The van der Waals surface area contributed by atoms with Crippen molar-refractivity contribution in [1.29, 1.82) is 0 Å². The molecule has 0 atom stereocenters. The summed E-state index contributed by atoms with van der Waals surface area (Å²) in [7, 11) is 3.71. The number of hydrogen-bond donors (Lipinski definition) is 0. The van der Waals surface area contributed by atoms with Crippen LogP contribution < -0.4 is 4.90 Å². The molecule has 0 bridgehead atoms. The Morgan fingerprint density at radius 3 is 2.07 bits per heavy atom. The van der Waals surface area contributed by atoms with Crippen molar-refractivity contribution in [3.8, 4) is 0 Å². The summed E-state index contributed by atoms with van der Waals surface area (Å²) in [5, 5.41) is 0.930. The topological polar surface area (TPSA) is 29.0 Å². The van der Waals surface area contributed by atoms with Crippen molar-refractivity contribution >= 4 is 29.2 Å². The molecule has 0 amide bonds. The van der Waals surface area contributed by atoms with Gasteiger partial charge in [0.05, 0.1) is 0 Å². The lowest BCUT2D eigenvalue weighted by Crippen LogP contribution is -2.13. The van der Waals surface area contributed by atoms with E-state index in [0.717, 1.165) is 24.8 Å². The Balaban J connectivity index is 2.99. The van der Waals surface area contributed by atoms with E-state index in [1.54, 1.807) is 4.90 Å². The lowest BCUT2D eigenvalue weighted by atomic mass is 10.1. The minimum atomic E-state index is 0.465. The van der Waals surface area contributed by atoms with Gasteiger partial charge in [0, 0.05) is 19.7 Å². The molecule has 0 aliphatic heterocycles. The van der Waals surface area contributed by atoms with Crippen LogP contribution in [0.5, 0.6) is 0 Å². The summed E-state index contributed by atoms with van der Waals surface area (Å²) in [4.78, 5) is 10.1. The number of aromatic nitrogens is 2. The first-order chi connectivity index (χ1) is 7.06. The molecule has 0 saturated carbocycles. The quantitative estimate of drug-likeness (QED) is 0.766. The second-order valence-electron chi connectivity index (χ2n) is 3.58. The monoisotopic (exact) mass is 247 g/mol. The van der Waals surface area contributed by atoms with Crippen LogP contribution in [0.4, 0.5) is 5.95 Å². The molecule has 0 aliphatic rings. The number of unbranched alkanes of at least 4 members (excludes halogenated alkanes) is 1. The molecule has 5 heteroatoms. The minimum Gasteiger partial charge on any atom is -0.347 e. The number of rotatable bonds is 4. The minimum absolute atomic E-state index is 0.465. The number of nitrogens with zero attached hydrogens (tertiary/aromatic N) is 3. The summed E-state index contributed by atoms with van der Waals surface area (Å²) >= 11 is 12.1. The normalized spacial score (nSPS) is 10.5. The van der Waals surface area contributed by atoms with Gasteiger partial charge in [0.1, 0.15) is 10.3 Å². The first-order valence-electron chi connectivity index (χ1n) is 4.95. The van der Waals surface area contributed by atoms with E-state index < -0.39 is 0 Å². The largest absolute Gasteiger partial charge is 0.347 e. The van der Waals surface area contributed by atoms with Crippen molar-refractivity contribution in [2.75, 3.05) is 19.0 Å². The highest BCUT2D eigenvalue weighted by Gasteiger charge is 2.11. The summed E-state index contributed by atoms with van der Waals surface area (Å²) in [5.41, 5.74) is 0.853. The molecule has 1 aromatic heterocycles. The molecule has 1 aromatic rings. The van der Waals surface area contributed by atoms with Gasteiger partial charge in [-0.1, -0.05) is 36.5 Å². The molecule has 1 rings (SSSR count). The molecular formula is C10H15Cl2N3. The zero-order valence-corrected chi connectivity index (χ0v) is 10.7. The second kappa shape index (κ2) is 5.52. The zero-order chi connectivity index (χ0) is 11.4. The van der Waals surface area contributed by atoms with Gasteiger partial charge in [0.2, 0.25) is 5.95 Å².